The second-order valence-corrected chi connectivity index (χ2v) is 12.9. The van der Waals surface area contributed by atoms with Gasteiger partial charge in [0, 0.05) is 5.28 Å². The number of hydrogen-bond acceptors (Lipinski definition) is 2. The molecule has 9 heavy (non-hydrogen) atoms. The number of carbonyl (C=O) groups excluding carboxylic acids is 1. The Kier molecular flexibility index (Phi) is 6.34. The number of halogens is 2. The molecule has 0 bridgehead atoms. The topological polar surface area (TPSA) is 26.3 Å². The van der Waals surface area contributed by atoms with Gasteiger partial charge in [0.1, 0.15) is 0 Å². The highest BCUT2D eigenvalue weighted by Crippen LogP contribution is 2.08. The van der Waals surface area contributed by atoms with Crippen molar-refractivity contribution in [2.45, 2.75) is 12.2 Å². The number of rotatable bonds is 3. The fourth-order valence-corrected chi connectivity index (χ4v) is 2.30. The van der Waals surface area contributed by atoms with Crippen molar-refractivity contribution in [3.8, 4) is 0 Å². The fraction of sp³-hybridized carbons (Fsp3) is 0.750. The molecule has 0 N–H and O–H groups in total. The molecule has 52 valence electrons. The van der Waals surface area contributed by atoms with Gasteiger partial charge in [-0.05, 0) is 6.92 Å². The zero-order valence-corrected chi connectivity index (χ0v) is 9.39. The van der Waals surface area contributed by atoms with Crippen LogP contribution >= 0.6 is 28.1 Å². The van der Waals surface area contributed by atoms with Crippen LogP contribution in [-0.2, 0) is 9.53 Å². The third-order valence-corrected chi connectivity index (χ3v) is 3.21. The number of esters is 1. The van der Waals surface area contributed by atoms with Crippen molar-refractivity contribution >= 4 is 44.6 Å². The normalized spacial score (nSPS) is 8.78. The molecule has 0 aromatic carbocycles. The first-order valence-corrected chi connectivity index (χ1v) is 9.79. The summed E-state index contributed by atoms with van der Waals surface area (Å²) in [7, 11) is -1.11. The van der Waals surface area contributed by atoms with Crippen LogP contribution in [0.3, 0.4) is 0 Å². The Hall–Kier alpha value is 0.962. The third kappa shape index (κ3) is 6.85. The molecule has 0 rings (SSSR count). The molecule has 0 aromatic heterocycles. The molecule has 0 aromatic rings. The van der Waals surface area contributed by atoms with Gasteiger partial charge in [-0.2, -0.15) is 28.1 Å². The van der Waals surface area contributed by atoms with Crippen molar-refractivity contribution in [1.82, 2.24) is 0 Å². The molecule has 0 unspecified atom stereocenters. The molecule has 0 amide bonds. The van der Waals surface area contributed by atoms with Crippen LogP contribution in [0, 0.1) is 0 Å². The van der Waals surface area contributed by atoms with Gasteiger partial charge in [0.15, 0.2) is 0 Å². The zero-order valence-electron chi connectivity index (χ0n) is 5.06. The number of carbonyl (C=O) groups is 1. The molecular weight excluding hydrogens is 267 g/mol. The van der Waals surface area contributed by atoms with E-state index in [1.165, 1.54) is 0 Å². The highest BCUT2D eigenvalue weighted by atomic mass is 79.9. The first-order chi connectivity index (χ1) is 4.16. The van der Waals surface area contributed by atoms with Crippen molar-refractivity contribution in [2.24, 2.45) is 0 Å². The third-order valence-electron chi connectivity index (χ3n) is 0.626. The average Bonchev–Trinajstić information content (AvgIpc) is 1.63. The van der Waals surface area contributed by atoms with Gasteiger partial charge in [0.2, 0.25) is 0 Å². The monoisotopic (exact) mass is 272 g/mol. The molecule has 0 aliphatic carbocycles. The van der Waals surface area contributed by atoms with Gasteiger partial charge in [-0.1, -0.05) is 0 Å². The summed E-state index contributed by atoms with van der Waals surface area (Å²) in [6, 6.07) is 0. The second kappa shape index (κ2) is 5.73. The van der Waals surface area contributed by atoms with Gasteiger partial charge in [-0.3, -0.25) is 4.79 Å². The highest BCUT2D eigenvalue weighted by Gasteiger charge is 2.14. The van der Waals surface area contributed by atoms with E-state index < -0.39 is 10.5 Å². The molecule has 0 spiro atoms. The van der Waals surface area contributed by atoms with Gasteiger partial charge in [0.05, 0.1) is 6.61 Å². The minimum Gasteiger partial charge on any atom is -0.467 e. The maximum atomic E-state index is 10.6. The quantitative estimate of drug-likeness (QED) is 0.579. The van der Waals surface area contributed by atoms with Crippen LogP contribution in [0.25, 0.3) is 0 Å². The SMILES string of the molecule is CCOC(=O)[CH2][Al]([Br])[Br]. The lowest BCUT2D eigenvalue weighted by Gasteiger charge is -1.97. The molecule has 0 aliphatic rings. The van der Waals surface area contributed by atoms with Crippen LogP contribution in [-0.4, -0.2) is 23.1 Å². The van der Waals surface area contributed by atoms with E-state index in [4.69, 9.17) is 0 Å². The Balaban J connectivity index is 3.27. The molecule has 0 fully saturated rings. The summed E-state index contributed by atoms with van der Waals surface area (Å²) in [5, 5.41) is 0.508. The van der Waals surface area contributed by atoms with E-state index in [1.54, 1.807) is 6.92 Å². The van der Waals surface area contributed by atoms with E-state index >= 15 is 0 Å². The van der Waals surface area contributed by atoms with Crippen LogP contribution in [0.5, 0.6) is 0 Å². The second-order valence-electron chi connectivity index (χ2n) is 1.40. The average molecular weight is 274 g/mol. The van der Waals surface area contributed by atoms with Gasteiger partial charge in [-0.25, -0.2) is 0 Å². The Morgan fingerprint density at radius 2 is 2.22 bits per heavy atom. The zero-order chi connectivity index (χ0) is 7.28. The van der Waals surface area contributed by atoms with Crippen molar-refractivity contribution < 1.29 is 9.53 Å². The Labute approximate surface area is 72.6 Å². The van der Waals surface area contributed by atoms with Crippen LogP contribution < -0.4 is 0 Å². The summed E-state index contributed by atoms with van der Waals surface area (Å²) >= 11 is 6.60. The summed E-state index contributed by atoms with van der Waals surface area (Å²) in [4.78, 5) is 10.6. The molecule has 0 saturated heterocycles. The van der Waals surface area contributed by atoms with E-state index in [0.717, 1.165) is 0 Å². The Bertz CT molecular complexity index is 96.6. The maximum Gasteiger partial charge on any atom is 0.467 e. The highest BCUT2D eigenvalue weighted by molar-refractivity contribution is 9.49. The summed E-state index contributed by atoms with van der Waals surface area (Å²) in [6.07, 6.45) is 0. The summed E-state index contributed by atoms with van der Waals surface area (Å²) in [5.74, 6) is -0.122. The molecule has 0 radical (unpaired) electrons. The molecule has 0 saturated carbocycles. The molecular formula is C4H7AlBr2O2. The standard InChI is InChI=1S/C4H7O2.Al.2BrH/c1-3-6-4(2)5;;;/h2-3H2,1H3;;2*1H/q;+2;;/p-2. The van der Waals surface area contributed by atoms with Crippen LogP contribution in [0.15, 0.2) is 0 Å². The minimum atomic E-state index is -1.11. The lowest BCUT2D eigenvalue weighted by molar-refractivity contribution is -0.140. The summed E-state index contributed by atoms with van der Waals surface area (Å²) < 4.78 is 4.69. The van der Waals surface area contributed by atoms with E-state index in [2.05, 4.69) is 32.8 Å². The summed E-state index contributed by atoms with van der Waals surface area (Å²) in [5.41, 5.74) is 0. The Morgan fingerprint density at radius 1 is 1.67 bits per heavy atom. The van der Waals surface area contributed by atoms with E-state index in [-0.39, 0.29) is 5.97 Å². The molecule has 5 heteroatoms. The largest absolute Gasteiger partial charge is 0.467 e. The molecule has 2 nitrogen and oxygen atoms in total. The molecule has 0 atom stereocenters. The number of ether oxygens (including phenoxy) is 1. The first-order valence-electron chi connectivity index (χ1n) is 2.60. The molecule has 0 aliphatic heterocycles. The van der Waals surface area contributed by atoms with Crippen molar-refractivity contribution in [3.63, 3.8) is 0 Å². The van der Waals surface area contributed by atoms with E-state index in [9.17, 15) is 4.79 Å². The predicted octanol–water partition coefficient (Wildman–Crippen LogP) is 1.83. The maximum absolute atomic E-state index is 10.6. The van der Waals surface area contributed by atoms with E-state index in [1.807, 2.05) is 0 Å². The van der Waals surface area contributed by atoms with Gasteiger partial charge >= 0.3 is 10.5 Å². The van der Waals surface area contributed by atoms with Gasteiger partial charge in [0.25, 0.3) is 5.97 Å². The smallest absolute Gasteiger partial charge is 0.467 e. The van der Waals surface area contributed by atoms with Crippen LogP contribution in [0.2, 0.25) is 5.28 Å². The van der Waals surface area contributed by atoms with Crippen LogP contribution in [0.4, 0.5) is 0 Å². The van der Waals surface area contributed by atoms with Gasteiger partial charge < -0.3 is 4.74 Å². The fourth-order valence-electron chi connectivity index (χ4n) is 0.346. The molecule has 0 heterocycles. The van der Waals surface area contributed by atoms with Gasteiger partial charge in [-0.15, -0.1) is 0 Å². The lowest BCUT2D eigenvalue weighted by atomic mass is 10.8. The number of hydrogen-bond donors (Lipinski definition) is 0. The van der Waals surface area contributed by atoms with E-state index in [0.29, 0.717) is 11.9 Å². The van der Waals surface area contributed by atoms with Crippen molar-refractivity contribution in [1.29, 1.82) is 0 Å². The Morgan fingerprint density at radius 3 is 2.56 bits per heavy atom. The van der Waals surface area contributed by atoms with Crippen molar-refractivity contribution in [2.75, 3.05) is 6.61 Å². The predicted molar refractivity (Wildman–Crippen MR) is 45.0 cm³/mol. The first kappa shape index (κ1) is 9.96. The minimum absolute atomic E-state index is 0.122. The summed E-state index contributed by atoms with van der Waals surface area (Å²) in [6.45, 7) is 2.27. The lowest BCUT2D eigenvalue weighted by Crippen LogP contribution is -2.07. The van der Waals surface area contributed by atoms with Crippen LogP contribution in [0.1, 0.15) is 6.92 Å². The van der Waals surface area contributed by atoms with Crippen molar-refractivity contribution in [3.05, 3.63) is 0 Å².